The first-order valence-corrected chi connectivity index (χ1v) is 14.5. The van der Waals surface area contributed by atoms with Crippen molar-refractivity contribution in [2.75, 3.05) is 16.5 Å². The van der Waals surface area contributed by atoms with Crippen LogP contribution in [-0.2, 0) is 19.1 Å². The van der Waals surface area contributed by atoms with Crippen LogP contribution in [0.3, 0.4) is 0 Å². The summed E-state index contributed by atoms with van der Waals surface area (Å²) in [4.78, 5) is 36.6. The number of hydrogen-bond acceptors (Lipinski definition) is 9. The van der Waals surface area contributed by atoms with Gasteiger partial charge in [-0.15, -0.1) is 5.10 Å². The smallest absolute Gasteiger partial charge is 0.340 e. The van der Waals surface area contributed by atoms with Crippen molar-refractivity contribution in [2.45, 2.75) is 37.1 Å². The molecule has 1 unspecified atom stereocenters. The zero-order valence-corrected chi connectivity index (χ0v) is 23.5. The lowest BCUT2D eigenvalue weighted by Crippen LogP contribution is -2.52. The maximum absolute atomic E-state index is 14.2. The van der Waals surface area contributed by atoms with Gasteiger partial charge in [-0.3, -0.25) is 9.78 Å². The molecule has 0 bridgehead atoms. The molecule has 1 saturated carbocycles. The fourth-order valence-corrected chi connectivity index (χ4v) is 5.47. The zero-order valence-electron chi connectivity index (χ0n) is 21.2. The van der Waals surface area contributed by atoms with Gasteiger partial charge in [-0.25, -0.2) is 19.7 Å². The number of amides is 3. The van der Waals surface area contributed by atoms with Crippen molar-refractivity contribution >= 4 is 62.7 Å². The highest BCUT2D eigenvalue weighted by Crippen LogP contribution is 2.33. The second-order valence-electron chi connectivity index (χ2n) is 9.32. The van der Waals surface area contributed by atoms with Crippen LogP contribution in [-0.4, -0.2) is 48.8 Å². The van der Waals surface area contributed by atoms with Gasteiger partial charge in [0.15, 0.2) is 5.82 Å². The molecule has 0 saturated heterocycles. The van der Waals surface area contributed by atoms with Gasteiger partial charge in [-0.2, -0.15) is 8.42 Å². The van der Waals surface area contributed by atoms with E-state index in [1.54, 1.807) is 37.3 Å². The first-order chi connectivity index (χ1) is 19.1. The Kier molecular flexibility index (Phi) is 7.92. The van der Waals surface area contributed by atoms with E-state index in [1.807, 2.05) is 0 Å². The average Bonchev–Trinajstić information content (AvgIpc) is 3.67. The number of anilines is 2. The first kappa shape index (κ1) is 27.8. The van der Waals surface area contributed by atoms with E-state index >= 15 is 0 Å². The van der Waals surface area contributed by atoms with Crippen LogP contribution in [0.15, 0.2) is 71.1 Å². The third-order valence-electron chi connectivity index (χ3n) is 6.33. The van der Waals surface area contributed by atoms with Crippen LogP contribution in [0.4, 0.5) is 16.3 Å². The van der Waals surface area contributed by atoms with Crippen molar-refractivity contribution in [1.29, 1.82) is 0 Å². The van der Waals surface area contributed by atoms with Crippen molar-refractivity contribution in [3.05, 3.63) is 76.7 Å². The molecule has 2 aliphatic rings. The van der Waals surface area contributed by atoms with Crippen LogP contribution in [0.25, 0.3) is 0 Å². The molecule has 1 aliphatic carbocycles. The molecule has 3 amide bonds. The number of benzene rings is 1. The SMILES string of the molecule is Cc1cc(Cl)ccc1N(C(=O)NCC1CC1)C(=O)C1CC(OS(=O)(=O)c2ccncc2)=NN1c1ncccc1Cl. The van der Waals surface area contributed by atoms with Gasteiger partial charge in [0, 0.05) is 30.2 Å². The van der Waals surface area contributed by atoms with E-state index in [0.29, 0.717) is 28.7 Å². The molecule has 11 nitrogen and oxygen atoms in total. The number of nitrogens with zero attached hydrogens (tertiary/aromatic N) is 5. The van der Waals surface area contributed by atoms with Crippen LogP contribution < -0.4 is 15.2 Å². The topological polar surface area (TPSA) is 134 Å². The molecule has 2 aromatic heterocycles. The van der Waals surface area contributed by atoms with E-state index in [9.17, 15) is 18.0 Å². The Morgan fingerprint density at radius 2 is 1.88 bits per heavy atom. The van der Waals surface area contributed by atoms with E-state index in [-0.39, 0.29) is 28.1 Å². The summed E-state index contributed by atoms with van der Waals surface area (Å²) < 4.78 is 31.1. The second kappa shape index (κ2) is 11.4. The van der Waals surface area contributed by atoms with Gasteiger partial charge in [0.25, 0.3) is 5.91 Å². The molecule has 1 aromatic carbocycles. The summed E-state index contributed by atoms with van der Waals surface area (Å²) in [5, 5.41) is 8.88. The maximum atomic E-state index is 14.2. The molecule has 0 radical (unpaired) electrons. The summed E-state index contributed by atoms with van der Waals surface area (Å²) >= 11 is 12.5. The van der Waals surface area contributed by atoms with Crippen LogP contribution >= 0.6 is 23.2 Å². The number of imide groups is 1. The molecular formula is C26H24Cl2N6O5S. The Balaban J connectivity index is 1.51. The number of carbonyl (C=O) groups is 2. The summed E-state index contributed by atoms with van der Waals surface area (Å²) in [6, 6.07) is 8.65. The molecule has 1 aliphatic heterocycles. The minimum atomic E-state index is -4.29. The van der Waals surface area contributed by atoms with Gasteiger partial charge in [0.1, 0.15) is 10.9 Å². The Hall–Kier alpha value is -3.74. The van der Waals surface area contributed by atoms with Gasteiger partial charge < -0.3 is 9.50 Å². The summed E-state index contributed by atoms with van der Waals surface area (Å²) in [7, 11) is -4.29. The van der Waals surface area contributed by atoms with Crippen LogP contribution in [0.1, 0.15) is 24.8 Å². The molecule has 208 valence electrons. The summed E-state index contributed by atoms with van der Waals surface area (Å²) in [6.45, 7) is 2.15. The van der Waals surface area contributed by atoms with Gasteiger partial charge in [0.05, 0.1) is 17.1 Å². The molecule has 0 spiro atoms. The predicted octanol–water partition coefficient (Wildman–Crippen LogP) is 4.54. The third kappa shape index (κ3) is 6.03. The van der Waals surface area contributed by atoms with Crippen LogP contribution in [0.5, 0.6) is 0 Å². The lowest BCUT2D eigenvalue weighted by molar-refractivity contribution is -0.119. The van der Waals surface area contributed by atoms with Crippen molar-refractivity contribution in [2.24, 2.45) is 11.0 Å². The van der Waals surface area contributed by atoms with Gasteiger partial charge in [-0.05, 0) is 73.7 Å². The van der Waals surface area contributed by atoms with Gasteiger partial charge in [-0.1, -0.05) is 23.2 Å². The first-order valence-electron chi connectivity index (χ1n) is 12.3. The van der Waals surface area contributed by atoms with Crippen molar-refractivity contribution < 1.29 is 22.2 Å². The van der Waals surface area contributed by atoms with E-state index < -0.39 is 28.1 Å². The summed E-state index contributed by atoms with van der Waals surface area (Å²) in [5.41, 5.74) is 0.897. The number of rotatable bonds is 7. The zero-order chi connectivity index (χ0) is 28.4. The Morgan fingerprint density at radius 1 is 1.12 bits per heavy atom. The summed E-state index contributed by atoms with van der Waals surface area (Å²) in [6.07, 6.45) is 5.80. The lowest BCUT2D eigenvalue weighted by Gasteiger charge is -2.29. The van der Waals surface area contributed by atoms with Crippen molar-refractivity contribution in [1.82, 2.24) is 15.3 Å². The average molecular weight is 603 g/mol. The molecule has 3 heterocycles. The normalized spacial score (nSPS) is 16.8. The number of carbonyl (C=O) groups excluding carboxylic acids is 2. The molecule has 1 fully saturated rings. The number of halogens is 2. The van der Waals surface area contributed by atoms with Crippen molar-refractivity contribution in [3.63, 3.8) is 0 Å². The number of hydrogen-bond donors (Lipinski definition) is 1. The third-order valence-corrected chi connectivity index (χ3v) is 8.12. The maximum Gasteiger partial charge on any atom is 0.340 e. The fraction of sp³-hybridized carbons (Fsp3) is 0.269. The highest BCUT2D eigenvalue weighted by atomic mass is 35.5. The highest BCUT2D eigenvalue weighted by Gasteiger charge is 2.43. The molecule has 14 heteroatoms. The predicted molar refractivity (Wildman–Crippen MR) is 150 cm³/mol. The molecule has 3 aromatic rings. The fourth-order valence-electron chi connectivity index (χ4n) is 4.13. The quantitative estimate of drug-likeness (QED) is 0.389. The van der Waals surface area contributed by atoms with E-state index in [4.69, 9.17) is 27.4 Å². The Labute approximate surface area is 240 Å². The van der Waals surface area contributed by atoms with E-state index in [1.165, 1.54) is 35.7 Å². The number of urea groups is 1. The number of pyridine rings is 2. The monoisotopic (exact) mass is 602 g/mol. The number of aryl methyl sites for hydroxylation is 1. The van der Waals surface area contributed by atoms with Gasteiger partial charge >= 0.3 is 16.1 Å². The Bertz CT molecular complexity index is 1580. The van der Waals surface area contributed by atoms with Crippen molar-refractivity contribution in [3.8, 4) is 0 Å². The number of hydrazone groups is 1. The van der Waals surface area contributed by atoms with E-state index in [0.717, 1.165) is 17.7 Å². The largest absolute Gasteiger partial charge is 0.361 e. The Morgan fingerprint density at radius 3 is 2.55 bits per heavy atom. The number of aromatic nitrogens is 2. The number of nitrogens with one attached hydrogen (secondary N) is 1. The summed E-state index contributed by atoms with van der Waals surface area (Å²) in [5.74, 6) is -0.509. The second-order valence-corrected chi connectivity index (χ2v) is 11.7. The standard InChI is InChI=1S/C26H24Cl2N6O5S/c1-16-13-18(27)6-7-21(16)33(26(36)31-15-17-4-5-17)25(35)22-14-23(32-34(22)24-20(28)3-2-10-30-24)39-40(37,38)19-8-11-29-12-9-19/h2-3,6-13,17,22H,4-5,14-15H2,1H3,(H,31,36). The molecule has 1 atom stereocenters. The minimum absolute atomic E-state index is 0.0913. The molecular weight excluding hydrogens is 579 g/mol. The van der Waals surface area contributed by atoms with Crippen LogP contribution in [0.2, 0.25) is 10.0 Å². The van der Waals surface area contributed by atoms with Crippen LogP contribution in [0, 0.1) is 12.8 Å². The highest BCUT2D eigenvalue weighted by molar-refractivity contribution is 7.87. The lowest BCUT2D eigenvalue weighted by atomic mass is 10.1. The molecule has 5 rings (SSSR count). The van der Waals surface area contributed by atoms with E-state index in [2.05, 4.69) is 20.4 Å². The molecule has 1 N–H and O–H groups in total. The minimum Gasteiger partial charge on any atom is -0.361 e. The van der Waals surface area contributed by atoms with Gasteiger partial charge in [0.2, 0.25) is 5.90 Å². The molecule has 40 heavy (non-hydrogen) atoms.